The van der Waals surface area contributed by atoms with Crippen LogP contribution in [-0.2, 0) is 6.54 Å². The third kappa shape index (κ3) is 3.08. The summed E-state index contributed by atoms with van der Waals surface area (Å²) in [7, 11) is 0. The van der Waals surface area contributed by atoms with Crippen LogP contribution < -0.4 is 5.32 Å². The average molecular weight is 202 g/mol. The first-order chi connectivity index (χ1) is 7.34. The van der Waals surface area contributed by atoms with Gasteiger partial charge in [-0.2, -0.15) is 0 Å². The molecular formula is C13H18N2. The number of aliphatic imine (C=N–C) groups is 1. The zero-order chi connectivity index (χ0) is 10.5. The maximum atomic E-state index is 4.47. The van der Waals surface area contributed by atoms with E-state index in [1.807, 2.05) is 0 Å². The van der Waals surface area contributed by atoms with Crippen LogP contribution in [0.2, 0.25) is 0 Å². The summed E-state index contributed by atoms with van der Waals surface area (Å²) in [4.78, 5) is 4.47. The summed E-state index contributed by atoms with van der Waals surface area (Å²) in [6.07, 6.45) is 3.64. The Kier molecular flexibility index (Phi) is 3.38. The van der Waals surface area contributed by atoms with Crippen molar-refractivity contribution in [2.45, 2.75) is 32.7 Å². The zero-order valence-electron chi connectivity index (χ0n) is 9.29. The molecule has 0 radical (unpaired) electrons. The highest BCUT2D eigenvalue weighted by atomic mass is 15.0. The van der Waals surface area contributed by atoms with E-state index in [-0.39, 0.29) is 0 Å². The van der Waals surface area contributed by atoms with Crippen molar-refractivity contribution >= 4 is 5.84 Å². The Balaban J connectivity index is 1.90. The number of rotatable bonds is 2. The predicted octanol–water partition coefficient (Wildman–Crippen LogP) is 2.67. The van der Waals surface area contributed by atoms with Crippen LogP contribution in [0.4, 0.5) is 0 Å². The Labute approximate surface area is 91.4 Å². The third-order valence-electron chi connectivity index (χ3n) is 2.70. The number of nitrogens with zero attached hydrogens (tertiary/aromatic N) is 1. The van der Waals surface area contributed by atoms with Gasteiger partial charge in [0.2, 0.25) is 0 Å². The first-order valence-corrected chi connectivity index (χ1v) is 5.67. The smallest absolute Gasteiger partial charge is 0.0965 e. The molecule has 0 saturated carbocycles. The highest BCUT2D eigenvalue weighted by Gasteiger charge is 2.03. The molecule has 1 aromatic carbocycles. The molecule has 1 aliphatic rings. The van der Waals surface area contributed by atoms with E-state index >= 15 is 0 Å². The van der Waals surface area contributed by atoms with Crippen LogP contribution in [0.3, 0.4) is 0 Å². The summed E-state index contributed by atoms with van der Waals surface area (Å²) in [5.41, 5.74) is 2.66. The number of hydrogen-bond acceptors (Lipinski definition) is 2. The SMILES string of the molecule is Cc1cccc(CNC2=NCCCC2)c1. The van der Waals surface area contributed by atoms with Gasteiger partial charge in [0.15, 0.2) is 0 Å². The van der Waals surface area contributed by atoms with Gasteiger partial charge in [-0.25, -0.2) is 0 Å². The molecule has 0 saturated heterocycles. The molecule has 1 aromatic rings. The molecular weight excluding hydrogens is 184 g/mol. The van der Waals surface area contributed by atoms with Crippen molar-refractivity contribution < 1.29 is 0 Å². The monoisotopic (exact) mass is 202 g/mol. The van der Waals surface area contributed by atoms with Crippen LogP contribution in [0, 0.1) is 6.92 Å². The van der Waals surface area contributed by atoms with E-state index in [4.69, 9.17) is 0 Å². The maximum Gasteiger partial charge on any atom is 0.0965 e. The molecule has 0 amide bonds. The van der Waals surface area contributed by atoms with Crippen molar-refractivity contribution in [1.29, 1.82) is 0 Å². The van der Waals surface area contributed by atoms with Crippen molar-refractivity contribution in [3.63, 3.8) is 0 Å². The lowest BCUT2D eigenvalue weighted by molar-refractivity contribution is 0.706. The van der Waals surface area contributed by atoms with Crippen LogP contribution in [-0.4, -0.2) is 12.4 Å². The molecule has 0 bridgehead atoms. The van der Waals surface area contributed by atoms with E-state index in [2.05, 4.69) is 41.5 Å². The summed E-state index contributed by atoms with van der Waals surface area (Å²) in [5.74, 6) is 1.18. The number of hydrogen-bond donors (Lipinski definition) is 1. The van der Waals surface area contributed by atoms with Gasteiger partial charge in [-0.3, -0.25) is 4.99 Å². The van der Waals surface area contributed by atoms with E-state index < -0.39 is 0 Å². The number of amidine groups is 1. The molecule has 15 heavy (non-hydrogen) atoms. The molecule has 2 heteroatoms. The molecule has 0 spiro atoms. The largest absolute Gasteiger partial charge is 0.370 e. The lowest BCUT2D eigenvalue weighted by Crippen LogP contribution is -2.25. The maximum absolute atomic E-state index is 4.47. The minimum absolute atomic E-state index is 0.903. The van der Waals surface area contributed by atoms with Crippen molar-refractivity contribution in [2.24, 2.45) is 4.99 Å². The minimum atomic E-state index is 0.903. The Bertz CT molecular complexity index is 355. The fourth-order valence-electron chi connectivity index (χ4n) is 1.87. The van der Waals surface area contributed by atoms with Crippen LogP contribution in [0.1, 0.15) is 30.4 Å². The molecule has 2 rings (SSSR count). The van der Waals surface area contributed by atoms with Gasteiger partial charge < -0.3 is 5.32 Å². The van der Waals surface area contributed by atoms with Gasteiger partial charge in [-0.15, -0.1) is 0 Å². The fraction of sp³-hybridized carbons (Fsp3) is 0.462. The predicted molar refractivity (Wildman–Crippen MR) is 64.2 cm³/mol. The average Bonchev–Trinajstić information content (AvgIpc) is 2.28. The zero-order valence-corrected chi connectivity index (χ0v) is 9.29. The van der Waals surface area contributed by atoms with Crippen LogP contribution in [0.15, 0.2) is 29.3 Å². The lowest BCUT2D eigenvalue weighted by Gasteiger charge is -2.14. The van der Waals surface area contributed by atoms with Gasteiger partial charge in [0.25, 0.3) is 0 Å². The molecule has 1 N–H and O–H groups in total. The van der Waals surface area contributed by atoms with E-state index in [1.54, 1.807) is 0 Å². The topological polar surface area (TPSA) is 24.4 Å². The standard InChI is InChI=1S/C13H18N2/c1-11-5-4-6-12(9-11)10-15-13-7-2-3-8-14-13/h4-6,9H,2-3,7-8,10H2,1H3,(H,14,15). The van der Waals surface area contributed by atoms with Crippen molar-refractivity contribution in [2.75, 3.05) is 6.54 Å². The summed E-state index contributed by atoms with van der Waals surface area (Å²) >= 11 is 0. The summed E-state index contributed by atoms with van der Waals surface area (Å²) in [6.45, 7) is 4.03. The first kappa shape index (κ1) is 10.2. The van der Waals surface area contributed by atoms with Gasteiger partial charge in [0.05, 0.1) is 5.84 Å². The Morgan fingerprint density at radius 3 is 3.00 bits per heavy atom. The summed E-state index contributed by atoms with van der Waals surface area (Å²) in [6, 6.07) is 8.61. The molecule has 0 aliphatic carbocycles. The second-order valence-corrected chi connectivity index (χ2v) is 4.13. The van der Waals surface area contributed by atoms with Gasteiger partial charge in [0, 0.05) is 19.5 Å². The molecule has 80 valence electrons. The van der Waals surface area contributed by atoms with E-state index in [0.29, 0.717) is 0 Å². The lowest BCUT2D eigenvalue weighted by atomic mass is 10.1. The second-order valence-electron chi connectivity index (χ2n) is 4.13. The summed E-state index contributed by atoms with van der Waals surface area (Å²) in [5, 5.41) is 3.42. The van der Waals surface area contributed by atoms with Crippen LogP contribution in [0.25, 0.3) is 0 Å². The second kappa shape index (κ2) is 4.96. The van der Waals surface area contributed by atoms with Gasteiger partial charge in [-0.1, -0.05) is 29.8 Å². The summed E-state index contributed by atoms with van der Waals surface area (Å²) < 4.78 is 0. The quantitative estimate of drug-likeness (QED) is 0.783. The van der Waals surface area contributed by atoms with E-state index in [0.717, 1.165) is 19.5 Å². The van der Waals surface area contributed by atoms with Gasteiger partial charge in [-0.05, 0) is 25.3 Å². The minimum Gasteiger partial charge on any atom is -0.370 e. The van der Waals surface area contributed by atoms with Crippen molar-refractivity contribution in [3.8, 4) is 0 Å². The molecule has 0 aromatic heterocycles. The van der Waals surface area contributed by atoms with E-state index in [9.17, 15) is 0 Å². The van der Waals surface area contributed by atoms with E-state index in [1.165, 1.54) is 29.8 Å². The Morgan fingerprint density at radius 1 is 1.33 bits per heavy atom. The number of aryl methyl sites for hydroxylation is 1. The Morgan fingerprint density at radius 2 is 2.27 bits per heavy atom. The molecule has 1 aliphatic heterocycles. The molecule has 0 fully saturated rings. The number of nitrogens with one attached hydrogen (secondary N) is 1. The fourth-order valence-corrected chi connectivity index (χ4v) is 1.87. The third-order valence-corrected chi connectivity index (χ3v) is 2.70. The van der Waals surface area contributed by atoms with Crippen molar-refractivity contribution in [3.05, 3.63) is 35.4 Å². The van der Waals surface area contributed by atoms with Gasteiger partial charge in [0.1, 0.15) is 0 Å². The van der Waals surface area contributed by atoms with Crippen LogP contribution in [0.5, 0.6) is 0 Å². The first-order valence-electron chi connectivity index (χ1n) is 5.67. The number of benzene rings is 1. The highest BCUT2D eigenvalue weighted by Crippen LogP contribution is 2.06. The van der Waals surface area contributed by atoms with Crippen LogP contribution >= 0.6 is 0 Å². The molecule has 0 unspecified atom stereocenters. The Hall–Kier alpha value is -1.31. The molecule has 1 heterocycles. The highest BCUT2D eigenvalue weighted by molar-refractivity contribution is 5.82. The normalized spacial score (nSPS) is 15.9. The molecule has 0 atom stereocenters. The molecule has 2 nitrogen and oxygen atoms in total. The van der Waals surface area contributed by atoms with Gasteiger partial charge >= 0.3 is 0 Å². The van der Waals surface area contributed by atoms with Crippen molar-refractivity contribution in [1.82, 2.24) is 5.32 Å².